The standard InChI is InChI=1S/C23H18Cl2N2O4/c1-15-2-6-17(7-3-15)23(29)31-19-9-4-16(5-10-19)13-26-27-22(28)14-30-21-11-8-18(24)12-20(21)25/h2-13H,14H2,1H3,(H,27,28)/b26-13-. The summed E-state index contributed by atoms with van der Waals surface area (Å²) >= 11 is 11.8. The van der Waals surface area contributed by atoms with E-state index in [0.29, 0.717) is 32.7 Å². The fourth-order valence-corrected chi connectivity index (χ4v) is 2.89. The molecule has 0 aliphatic carbocycles. The summed E-state index contributed by atoms with van der Waals surface area (Å²) in [5.41, 5.74) is 4.60. The van der Waals surface area contributed by atoms with Crippen LogP contribution in [0.3, 0.4) is 0 Å². The van der Waals surface area contributed by atoms with Crippen molar-refractivity contribution in [3.05, 3.63) is 93.5 Å². The highest BCUT2D eigenvalue weighted by Gasteiger charge is 2.08. The zero-order chi connectivity index (χ0) is 22.2. The number of benzene rings is 3. The molecule has 1 amide bonds. The van der Waals surface area contributed by atoms with E-state index in [1.54, 1.807) is 48.5 Å². The van der Waals surface area contributed by atoms with Crippen LogP contribution in [0.1, 0.15) is 21.5 Å². The molecule has 1 N–H and O–H groups in total. The highest BCUT2D eigenvalue weighted by molar-refractivity contribution is 6.35. The summed E-state index contributed by atoms with van der Waals surface area (Å²) in [6.45, 7) is 1.69. The van der Waals surface area contributed by atoms with Gasteiger partial charge in [0.05, 0.1) is 16.8 Å². The fourth-order valence-electron chi connectivity index (χ4n) is 2.42. The van der Waals surface area contributed by atoms with E-state index in [0.717, 1.165) is 5.56 Å². The van der Waals surface area contributed by atoms with E-state index < -0.39 is 11.9 Å². The van der Waals surface area contributed by atoms with E-state index in [4.69, 9.17) is 32.7 Å². The van der Waals surface area contributed by atoms with Crippen LogP contribution in [0.15, 0.2) is 71.8 Å². The van der Waals surface area contributed by atoms with Gasteiger partial charge in [-0.25, -0.2) is 10.2 Å². The molecule has 0 aromatic heterocycles. The first-order valence-corrected chi connectivity index (χ1v) is 9.95. The Morgan fingerprint density at radius 3 is 2.39 bits per heavy atom. The molecule has 0 aliphatic heterocycles. The number of rotatable bonds is 7. The summed E-state index contributed by atoms with van der Waals surface area (Å²) in [5, 5.41) is 4.66. The van der Waals surface area contributed by atoms with Gasteiger partial charge >= 0.3 is 5.97 Å². The molecule has 0 saturated heterocycles. The van der Waals surface area contributed by atoms with Gasteiger partial charge in [-0.15, -0.1) is 0 Å². The van der Waals surface area contributed by atoms with Crippen molar-refractivity contribution < 1.29 is 19.1 Å². The van der Waals surface area contributed by atoms with Gasteiger partial charge in [-0.3, -0.25) is 4.79 Å². The predicted octanol–water partition coefficient (Wildman–Crippen LogP) is 5.05. The molecule has 0 heterocycles. The highest BCUT2D eigenvalue weighted by Crippen LogP contribution is 2.27. The molecular weight excluding hydrogens is 439 g/mol. The Morgan fingerprint density at radius 1 is 1.00 bits per heavy atom. The number of halogens is 2. The second kappa shape index (κ2) is 10.6. The second-order valence-electron chi connectivity index (χ2n) is 6.48. The number of aryl methyl sites for hydroxylation is 1. The Kier molecular flexibility index (Phi) is 7.65. The fraction of sp³-hybridized carbons (Fsp3) is 0.0870. The molecule has 0 bridgehead atoms. The maximum Gasteiger partial charge on any atom is 0.343 e. The Labute approximate surface area is 189 Å². The van der Waals surface area contributed by atoms with Crippen LogP contribution in [0.4, 0.5) is 0 Å². The quantitative estimate of drug-likeness (QED) is 0.233. The van der Waals surface area contributed by atoms with Crippen molar-refractivity contribution in [1.29, 1.82) is 0 Å². The van der Waals surface area contributed by atoms with E-state index in [2.05, 4.69) is 10.5 Å². The number of hydrogen-bond donors (Lipinski definition) is 1. The third kappa shape index (κ3) is 6.84. The maximum absolute atomic E-state index is 12.1. The normalized spacial score (nSPS) is 10.7. The summed E-state index contributed by atoms with van der Waals surface area (Å²) in [5.74, 6) is -0.138. The van der Waals surface area contributed by atoms with E-state index in [1.807, 2.05) is 19.1 Å². The topological polar surface area (TPSA) is 77.0 Å². The number of carbonyl (C=O) groups is 2. The third-order valence-electron chi connectivity index (χ3n) is 4.03. The molecule has 158 valence electrons. The Balaban J connectivity index is 1.47. The molecule has 0 aliphatic rings. The van der Waals surface area contributed by atoms with E-state index in [-0.39, 0.29) is 6.61 Å². The van der Waals surface area contributed by atoms with Crippen LogP contribution >= 0.6 is 23.2 Å². The van der Waals surface area contributed by atoms with Crippen LogP contribution in [0.2, 0.25) is 10.0 Å². The van der Waals surface area contributed by atoms with Gasteiger partial charge in [0.15, 0.2) is 6.61 Å². The molecule has 0 unspecified atom stereocenters. The third-order valence-corrected chi connectivity index (χ3v) is 4.56. The highest BCUT2D eigenvalue weighted by atomic mass is 35.5. The van der Waals surface area contributed by atoms with Crippen molar-refractivity contribution in [3.63, 3.8) is 0 Å². The first kappa shape index (κ1) is 22.3. The van der Waals surface area contributed by atoms with Crippen molar-refractivity contribution in [1.82, 2.24) is 5.43 Å². The van der Waals surface area contributed by atoms with E-state index in [9.17, 15) is 9.59 Å². The number of hydrazone groups is 1. The molecule has 0 saturated carbocycles. The van der Waals surface area contributed by atoms with Gasteiger partial charge in [-0.05, 0) is 67.1 Å². The number of esters is 1. The molecule has 6 nitrogen and oxygen atoms in total. The molecule has 3 aromatic rings. The van der Waals surface area contributed by atoms with Gasteiger partial charge in [0, 0.05) is 5.02 Å². The van der Waals surface area contributed by atoms with Crippen molar-refractivity contribution in [2.45, 2.75) is 6.92 Å². The Bertz CT molecular complexity index is 1100. The Hall–Kier alpha value is -3.35. The van der Waals surface area contributed by atoms with Crippen molar-refractivity contribution in [3.8, 4) is 11.5 Å². The van der Waals surface area contributed by atoms with Crippen LogP contribution in [-0.2, 0) is 4.79 Å². The molecular formula is C23H18Cl2N2O4. The van der Waals surface area contributed by atoms with Gasteiger partial charge in [0.25, 0.3) is 5.91 Å². The van der Waals surface area contributed by atoms with Crippen molar-refractivity contribution in [2.75, 3.05) is 6.61 Å². The van der Waals surface area contributed by atoms with Gasteiger partial charge in [0.1, 0.15) is 11.5 Å². The average Bonchev–Trinajstić information content (AvgIpc) is 2.75. The first-order chi connectivity index (χ1) is 14.9. The number of carbonyl (C=O) groups excluding carboxylic acids is 2. The lowest BCUT2D eigenvalue weighted by Crippen LogP contribution is -2.24. The van der Waals surface area contributed by atoms with Crippen LogP contribution in [0.5, 0.6) is 11.5 Å². The van der Waals surface area contributed by atoms with Gasteiger partial charge < -0.3 is 9.47 Å². The number of ether oxygens (including phenoxy) is 2. The van der Waals surface area contributed by atoms with Crippen LogP contribution < -0.4 is 14.9 Å². The van der Waals surface area contributed by atoms with E-state index in [1.165, 1.54) is 12.3 Å². The molecule has 3 aromatic carbocycles. The summed E-state index contributed by atoms with van der Waals surface area (Å²) in [4.78, 5) is 24.0. The minimum absolute atomic E-state index is 0.257. The maximum atomic E-state index is 12.1. The van der Waals surface area contributed by atoms with Gasteiger partial charge in [-0.2, -0.15) is 5.10 Å². The predicted molar refractivity (Wildman–Crippen MR) is 120 cm³/mol. The molecule has 0 fully saturated rings. The van der Waals surface area contributed by atoms with Crippen molar-refractivity contribution in [2.24, 2.45) is 5.10 Å². The largest absolute Gasteiger partial charge is 0.482 e. The average molecular weight is 457 g/mol. The zero-order valence-electron chi connectivity index (χ0n) is 16.5. The van der Waals surface area contributed by atoms with Crippen LogP contribution in [0.25, 0.3) is 0 Å². The van der Waals surface area contributed by atoms with Gasteiger partial charge in [-0.1, -0.05) is 40.9 Å². The number of nitrogens with zero attached hydrogens (tertiary/aromatic N) is 1. The summed E-state index contributed by atoms with van der Waals surface area (Å²) in [6.07, 6.45) is 1.46. The summed E-state index contributed by atoms with van der Waals surface area (Å²) < 4.78 is 10.7. The monoisotopic (exact) mass is 456 g/mol. The lowest BCUT2D eigenvalue weighted by Gasteiger charge is -2.07. The zero-order valence-corrected chi connectivity index (χ0v) is 18.0. The smallest absolute Gasteiger partial charge is 0.343 e. The van der Waals surface area contributed by atoms with E-state index >= 15 is 0 Å². The second-order valence-corrected chi connectivity index (χ2v) is 7.32. The summed E-state index contributed by atoms with van der Waals surface area (Å²) in [7, 11) is 0. The van der Waals surface area contributed by atoms with Crippen molar-refractivity contribution >= 4 is 41.3 Å². The molecule has 0 atom stereocenters. The van der Waals surface area contributed by atoms with Gasteiger partial charge in [0.2, 0.25) is 0 Å². The molecule has 3 rings (SSSR count). The summed E-state index contributed by atoms with van der Waals surface area (Å²) in [6, 6.07) is 18.5. The number of hydrogen-bond acceptors (Lipinski definition) is 5. The number of nitrogens with one attached hydrogen (secondary N) is 1. The molecule has 0 radical (unpaired) electrons. The van der Waals surface area contributed by atoms with Crippen LogP contribution in [0, 0.1) is 6.92 Å². The molecule has 8 heteroatoms. The van der Waals surface area contributed by atoms with Crippen LogP contribution in [-0.4, -0.2) is 24.7 Å². The SMILES string of the molecule is Cc1ccc(C(=O)Oc2ccc(/C=N\NC(=O)COc3ccc(Cl)cc3Cl)cc2)cc1. The molecule has 31 heavy (non-hydrogen) atoms. The first-order valence-electron chi connectivity index (χ1n) is 9.19. The number of amides is 1. The minimum atomic E-state index is -0.453. The molecule has 0 spiro atoms. The lowest BCUT2D eigenvalue weighted by molar-refractivity contribution is -0.123. The lowest BCUT2D eigenvalue weighted by atomic mass is 10.1. The minimum Gasteiger partial charge on any atom is -0.482 e. The Morgan fingerprint density at radius 2 is 1.71 bits per heavy atom.